The normalized spacial score (nSPS) is 11.3. The number of hydrogen-bond donors (Lipinski definition) is 2. The zero-order valence-electron chi connectivity index (χ0n) is 16.3. The second-order valence-corrected chi connectivity index (χ2v) is 6.86. The molecular formula is C24H22N2O3. The van der Waals surface area contributed by atoms with Gasteiger partial charge in [0.2, 0.25) is 5.91 Å². The predicted octanol–water partition coefficient (Wildman–Crippen LogP) is 4.07. The average molecular weight is 386 g/mol. The molecule has 5 heteroatoms. The van der Waals surface area contributed by atoms with Crippen molar-refractivity contribution in [2.45, 2.75) is 19.9 Å². The van der Waals surface area contributed by atoms with E-state index in [9.17, 15) is 9.59 Å². The van der Waals surface area contributed by atoms with Crippen molar-refractivity contribution in [3.63, 3.8) is 0 Å². The fourth-order valence-corrected chi connectivity index (χ4v) is 2.72. The molecule has 2 aromatic carbocycles. The summed E-state index contributed by atoms with van der Waals surface area (Å²) in [4.78, 5) is 25.0. The van der Waals surface area contributed by atoms with Gasteiger partial charge in [-0.1, -0.05) is 50.0 Å². The highest BCUT2D eigenvalue weighted by Crippen LogP contribution is 2.13. The van der Waals surface area contributed by atoms with Crippen molar-refractivity contribution < 1.29 is 14.0 Å². The quantitative estimate of drug-likeness (QED) is 0.649. The lowest BCUT2D eigenvalue weighted by molar-refractivity contribution is -0.118. The molecule has 1 aromatic heterocycles. The Balaban J connectivity index is 1.70. The third-order valence-electron chi connectivity index (χ3n) is 4.24. The SMILES string of the molecule is CC(C)C(NC(=O)c1ccco1)C(=O)Nc1cccc(C#Cc2ccccc2)c1. The lowest BCUT2D eigenvalue weighted by Gasteiger charge is -2.21. The molecular weight excluding hydrogens is 364 g/mol. The number of benzene rings is 2. The van der Waals surface area contributed by atoms with Crippen molar-refractivity contribution in [3.8, 4) is 11.8 Å². The van der Waals surface area contributed by atoms with Crippen LogP contribution < -0.4 is 10.6 Å². The summed E-state index contributed by atoms with van der Waals surface area (Å²) in [7, 11) is 0. The number of furan rings is 1. The third kappa shape index (κ3) is 5.60. The molecule has 0 radical (unpaired) electrons. The van der Waals surface area contributed by atoms with Crippen LogP contribution in [0, 0.1) is 17.8 Å². The van der Waals surface area contributed by atoms with Gasteiger partial charge < -0.3 is 15.1 Å². The Bertz CT molecular complexity index is 1030. The Kier molecular flexibility index (Phi) is 6.49. The molecule has 0 aliphatic rings. The van der Waals surface area contributed by atoms with Crippen LogP contribution in [0.1, 0.15) is 35.5 Å². The van der Waals surface area contributed by atoms with Gasteiger partial charge in [-0.05, 0) is 48.4 Å². The van der Waals surface area contributed by atoms with Crippen LogP contribution in [0.3, 0.4) is 0 Å². The molecule has 1 unspecified atom stereocenters. The highest BCUT2D eigenvalue weighted by Gasteiger charge is 2.25. The van der Waals surface area contributed by atoms with Crippen LogP contribution in [0.4, 0.5) is 5.69 Å². The Morgan fingerprint density at radius 1 is 0.897 bits per heavy atom. The molecule has 1 heterocycles. The van der Waals surface area contributed by atoms with Crippen LogP contribution in [-0.2, 0) is 4.79 Å². The molecule has 0 spiro atoms. The number of rotatable bonds is 5. The molecule has 1 atom stereocenters. The van der Waals surface area contributed by atoms with Crippen molar-refractivity contribution in [1.29, 1.82) is 0 Å². The maximum Gasteiger partial charge on any atom is 0.287 e. The summed E-state index contributed by atoms with van der Waals surface area (Å²) < 4.78 is 5.09. The first-order valence-electron chi connectivity index (χ1n) is 9.35. The maximum absolute atomic E-state index is 12.8. The molecule has 0 aliphatic heterocycles. The van der Waals surface area contributed by atoms with E-state index in [1.807, 2.05) is 56.3 Å². The Hall–Kier alpha value is -3.78. The van der Waals surface area contributed by atoms with Gasteiger partial charge in [-0.2, -0.15) is 0 Å². The summed E-state index contributed by atoms with van der Waals surface area (Å²) >= 11 is 0. The van der Waals surface area contributed by atoms with Crippen molar-refractivity contribution >= 4 is 17.5 Å². The molecule has 0 bridgehead atoms. The molecule has 2 N–H and O–H groups in total. The Labute approximate surface area is 170 Å². The molecule has 0 saturated heterocycles. The second kappa shape index (κ2) is 9.43. The second-order valence-electron chi connectivity index (χ2n) is 6.86. The molecule has 29 heavy (non-hydrogen) atoms. The number of nitrogens with one attached hydrogen (secondary N) is 2. The van der Waals surface area contributed by atoms with Crippen LogP contribution in [-0.4, -0.2) is 17.9 Å². The summed E-state index contributed by atoms with van der Waals surface area (Å²) in [6.07, 6.45) is 1.42. The lowest BCUT2D eigenvalue weighted by Crippen LogP contribution is -2.47. The van der Waals surface area contributed by atoms with Gasteiger partial charge in [0.1, 0.15) is 6.04 Å². The van der Waals surface area contributed by atoms with Crippen LogP contribution in [0.5, 0.6) is 0 Å². The first kappa shape index (κ1) is 20.0. The fraction of sp³-hybridized carbons (Fsp3) is 0.167. The van der Waals surface area contributed by atoms with Crippen molar-refractivity contribution in [1.82, 2.24) is 5.32 Å². The molecule has 146 valence electrons. The minimum absolute atomic E-state index is 0.102. The smallest absolute Gasteiger partial charge is 0.287 e. The van der Waals surface area contributed by atoms with Gasteiger partial charge in [-0.3, -0.25) is 9.59 Å². The van der Waals surface area contributed by atoms with E-state index in [2.05, 4.69) is 22.5 Å². The number of anilines is 1. The largest absolute Gasteiger partial charge is 0.459 e. The van der Waals surface area contributed by atoms with E-state index in [1.54, 1.807) is 24.3 Å². The number of carbonyl (C=O) groups is 2. The van der Waals surface area contributed by atoms with Gasteiger partial charge in [-0.15, -0.1) is 0 Å². The first-order valence-corrected chi connectivity index (χ1v) is 9.35. The van der Waals surface area contributed by atoms with Crippen LogP contribution >= 0.6 is 0 Å². The van der Waals surface area contributed by atoms with Crippen molar-refractivity contribution in [2.24, 2.45) is 5.92 Å². The van der Waals surface area contributed by atoms with Crippen LogP contribution in [0.2, 0.25) is 0 Å². The van der Waals surface area contributed by atoms with E-state index in [4.69, 9.17) is 4.42 Å². The summed E-state index contributed by atoms with van der Waals surface area (Å²) in [5.74, 6) is 5.53. The van der Waals surface area contributed by atoms with Gasteiger partial charge in [0.15, 0.2) is 5.76 Å². The summed E-state index contributed by atoms with van der Waals surface area (Å²) in [5, 5.41) is 5.59. The lowest BCUT2D eigenvalue weighted by atomic mass is 10.0. The van der Waals surface area contributed by atoms with Crippen molar-refractivity contribution in [2.75, 3.05) is 5.32 Å². The van der Waals surface area contributed by atoms with Gasteiger partial charge in [0.05, 0.1) is 6.26 Å². The molecule has 0 saturated carbocycles. The standard InChI is InChI=1S/C24H22N2O3/c1-17(2)22(26-23(27)21-12-7-15-29-21)24(28)25-20-11-6-10-19(16-20)14-13-18-8-4-3-5-9-18/h3-12,15-17,22H,1-2H3,(H,25,28)(H,26,27). The monoisotopic (exact) mass is 386 g/mol. The van der Waals surface area contributed by atoms with E-state index >= 15 is 0 Å². The molecule has 3 rings (SSSR count). The first-order chi connectivity index (χ1) is 14.0. The zero-order chi connectivity index (χ0) is 20.6. The van der Waals surface area contributed by atoms with Gasteiger partial charge >= 0.3 is 0 Å². The zero-order valence-corrected chi connectivity index (χ0v) is 16.3. The van der Waals surface area contributed by atoms with Crippen LogP contribution in [0.25, 0.3) is 0 Å². The highest BCUT2D eigenvalue weighted by atomic mass is 16.3. The summed E-state index contributed by atoms with van der Waals surface area (Å²) in [5.41, 5.74) is 2.32. The van der Waals surface area contributed by atoms with Gasteiger partial charge in [0.25, 0.3) is 5.91 Å². The molecule has 0 aliphatic carbocycles. The summed E-state index contributed by atoms with van der Waals surface area (Å²) in [6, 6.07) is 19.5. The minimum atomic E-state index is -0.702. The molecule has 0 fully saturated rings. The molecule has 3 aromatic rings. The Morgan fingerprint density at radius 3 is 2.31 bits per heavy atom. The maximum atomic E-state index is 12.8. The van der Waals surface area contributed by atoms with Gasteiger partial charge in [-0.25, -0.2) is 0 Å². The van der Waals surface area contributed by atoms with Gasteiger partial charge in [0, 0.05) is 16.8 Å². The van der Waals surface area contributed by atoms with Crippen molar-refractivity contribution in [3.05, 3.63) is 89.9 Å². The fourth-order valence-electron chi connectivity index (χ4n) is 2.72. The molecule has 5 nitrogen and oxygen atoms in total. The van der Waals surface area contributed by atoms with E-state index in [1.165, 1.54) is 6.26 Å². The third-order valence-corrected chi connectivity index (χ3v) is 4.24. The Morgan fingerprint density at radius 2 is 1.62 bits per heavy atom. The number of amides is 2. The minimum Gasteiger partial charge on any atom is -0.459 e. The highest BCUT2D eigenvalue weighted by molar-refractivity contribution is 6.00. The number of carbonyl (C=O) groups excluding carboxylic acids is 2. The topological polar surface area (TPSA) is 71.3 Å². The van der Waals surface area contributed by atoms with E-state index < -0.39 is 11.9 Å². The summed E-state index contributed by atoms with van der Waals surface area (Å²) in [6.45, 7) is 3.74. The van der Waals surface area contributed by atoms with E-state index in [0.29, 0.717) is 5.69 Å². The van der Waals surface area contributed by atoms with E-state index in [0.717, 1.165) is 11.1 Å². The predicted molar refractivity (Wildman–Crippen MR) is 112 cm³/mol. The van der Waals surface area contributed by atoms with Crippen LogP contribution in [0.15, 0.2) is 77.4 Å². The number of hydrogen-bond acceptors (Lipinski definition) is 3. The molecule has 2 amide bonds. The van der Waals surface area contributed by atoms with E-state index in [-0.39, 0.29) is 17.6 Å². The average Bonchev–Trinajstić information content (AvgIpc) is 3.26.